The van der Waals surface area contributed by atoms with E-state index in [-0.39, 0.29) is 5.75 Å². The zero-order chi connectivity index (χ0) is 8.27. The van der Waals surface area contributed by atoms with Crippen LogP contribution in [-0.2, 0) is 5.75 Å². The number of thioether (sulfide) groups is 1. The predicted molar refractivity (Wildman–Crippen MR) is 50.3 cm³/mol. The Balaban J connectivity index is 2.96. The second-order valence-electron chi connectivity index (χ2n) is 2.18. The summed E-state index contributed by atoms with van der Waals surface area (Å²) in [5.74, 6) is 1.01. The van der Waals surface area contributed by atoms with Gasteiger partial charge < -0.3 is 5.11 Å². The van der Waals surface area contributed by atoms with E-state index >= 15 is 0 Å². The number of para-hydroxylation sites is 1. The number of hydrogen-bond acceptors (Lipinski definition) is 2. The van der Waals surface area contributed by atoms with Crippen molar-refractivity contribution in [3.05, 3.63) is 28.8 Å². The van der Waals surface area contributed by atoms with Crippen LogP contribution in [0.1, 0.15) is 5.56 Å². The number of halogens is 1. The molecule has 0 amide bonds. The van der Waals surface area contributed by atoms with Crippen molar-refractivity contribution < 1.29 is 5.11 Å². The molecule has 0 aliphatic rings. The van der Waals surface area contributed by atoms with Gasteiger partial charge in [0.2, 0.25) is 0 Å². The Bertz CT molecular complexity index is 250. The Morgan fingerprint density at radius 2 is 2.27 bits per heavy atom. The molecule has 1 N–H and O–H groups in total. The van der Waals surface area contributed by atoms with Crippen molar-refractivity contribution in [1.29, 1.82) is 0 Å². The van der Waals surface area contributed by atoms with Crippen molar-refractivity contribution in [2.45, 2.75) is 5.75 Å². The third kappa shape index (κ3) is 2.04. The maximum atomic E-state index is 9.38. The van der Waals surface area contributed by atoms with E-state index in [2.05, 4.69) is 0 Å². The molecule has 11 heavy (non-hydrogen) atoms. The highest BCUT2D eigenvalue weighted by Gasteiger charge is 2.02. The summed E-state index contributed by atoms with van der Waals surface area (Å²) in [6.07, 6.45) is 1.99. The van der Waals surface area contributed by atoms with Gasteiger partial charge in [-0.25, -0.2) is 0 Å². The first-order valence-electron chi connectivity index (χ1n) is 3.21. The van der Waals surface area contributed by atoms with Crippen LogP contribution in [0.25, 0.3) is 0 Å². The van der Waals surface area contributed by atoms with Gasteiger partial charge in [0.05, 0.1) is 5.02 Å². The molecule has 0 bridgehead atoms. The van der Waals surface area contributed by atoms with Gasteiger partial charge in [-0.3, -0.25) is 0 Å². The van der Waals surface area contributed by atoms with E-state index in [0.717, 1.165) is 11.3 Å². The average Bonchev–Trinajstić information content (AvgIpc) is 1.99. The maximum absolute atomic E-state index is 9.38. The van der Waals surface area contributed by atoms with Crippen LogP contribution >= 0.6 is 23.4 Å². The summed E-state index contributed by atoms with van der Waals surface area (Å²) in [5, 5.41) is 9.81. The summed E-state index contributed by atoms with van der Waals surface area (Å²) in [6, 6.07) is 5.39. The topological polar surface area (TPSA) is 20.2 Å². The van der Waals surface area contributed by atoms with Gasteiger partial charge in [0.1, 0.15) is 5.75 Å². The summed E-state index contributed by atoms with van der Waals surface area (Å²) in [6.45, 7) is 0. The van der Waals surface area contributed by atoms with Crippen molar-refractivity contribution in [2.75, 3.05) is 6.26 Å². The van der Waals surface area contributed by atoms with Crippen LogP contribution in [0, 0.1) is 0 Å². The molecule has 0 saturated heterocycles. The molecule has 60 valence electrons. The molecule has 0 atom stereocenters. The zero-order valence-corrected chi connectivity index (χ0v) is 7.75. The standard InChI is InChI=1S/C8H9ClOS/c1-11-5-6-3-2-4-7(9)8(6)10/h2-4,10H,5H2,1H3. The molecule has 0 spiro atoms. The third-order valence-corrected chi connectivity index (χ3v) is 2.27. The Morgan fingerprint density at radius 3 is 2.91 bits per heavy atom. The maximum Gasteiger partial charge on any atom is 0.138 e. The first-order valence-corrected chi connectivity index (χ1v) is 4.98. The fraction of sp³-hybridized carbons (Fsp3) is 0.250. The highest BCUT2D eigenvalue weighted by atomic mass is 35.5. The van der Waals surface area contributed by atoms with Gasteiger partial charge in [0.25, 0.3) is 0 Å². The van der Waals surface area contributed by atoms with E-state index in [4.69, 9.17) is 11.6 Å². The lowest BCUT2D eigenvalue weighted by Gasteiger charge is -2.02. The van der Waals surface area contributed by atoms with Crippen molar-refractivity contribution in [3.8, 4) is 5.75 Å². The van der Waals surface area contributed by atoms with Crippen molar-refractivity contribution in [2.24, 2.45) is 0 Å². The summed E-state index contributed by atoms with van der Waals surface area (Å²) in [4.78, 5) is 0. The number of phenolic OH excluding ortho intramolecular Hbond substituents is 1. The molecule has 1 nitrogen and oxygen atoms in total. The number of benzene rings is 1. The monoisotopic (exact) mass is 188 g/mol. The lowest BCUT2D eigenvalue weighted by atomic mass is 10.2. The highest BCUT2D eigenvalue weighted by molar-refractivity contribution is 7.97. The molecular weight excluding hydrogens is 180 g/mol. The highest BCUT2D eigenvalue weighted by Crippen LogP contribution is 2.28. The molecule has 3 heteroatoms. The van der Waals surface area contributed by atoms with Gasteiger partial charge in [-0.2, -0.15) is 11.8 Å². The van der Waals surface area contributed by atoms with Gasteiger partial charge in [0, 0.05) is 11.3 Å². The molecule has 0 aromatic heterocycles. The van der Waals surface area contributed by atoms with Crippen LogP contribution in [0.4, 0.5) is 0 Å². The molecule has 1 aromatic carbocycles. The van der Waals surface area contributed by atoms with Gasteiger partial charge in [-0.05, 0) is 12.3 Å². The van der Waals surface area contributed by atoms with Crippen molar-refractivity contribution in [1.82, 2.24) is 0 Å². The Kier molecular flexibility index (Phi) is 3.09. The number of rotatable bonds is 2. The smallest absolute Gasteiger partial charge is 0.138 e. The molecular formula is C8H9ClOS. The molecule has 0 aliphatic heterocycles. The predicted octanol–water partition coefficient (Wildman–Crippen LogP) is 2.91. The van der Waals surface area contributed by atoms with E-state index in [1.54, 1.807) is 17.8 Å². The van der Waals surface area contributed by atoms with Crippen molar-refractivity contribution >= 4 is 23.4 Å². The lowest BCUT2D eigenvalue weighted by molar-refractivity contribution is 0.471. The fourth-order valence-electron chi connectivity index (χ4n) is 0.832. The summed E-state index contributed by atoms with van der Waals surface area (Å²) >= 11 is 7.35. The minimum absolute atomic E-state index is 0.212. The number of aromatic hydroxyl groups is 1. The largest absolute Gasteiger partial charge is 0.506 e. The second-order valence-corrected chi connectivity index (χ2v) is 3.45. The van der Waals surface area contributed by atoms with Crippen LogP contribution in [-0.4, -0.2) is 11.4 Å². The molecule has 1 aromatic rings. The van der Waals surface area contributed by atoms with Crippen LogP contribution in [0.3, 0.4) is 0 Å². The van der Waals surface area contributed by atoms with Crippen molar-refractivity contribution in [3.63, 3.8) is 0 Å². The van der Waals surface area contributed by atoms with Crippen LogP contribution in [0.2, 0.25) is 5.02 Å². The molecule has 0 unspecified atom stereocenters. The molecule has 0 fully saturated rings. The lowest BCUT2D eigenvalue weighted by Crippen LogP contribution is -1.80. The first kappa shape index (κ1) is 8.75. The van der Waals surface area contributed by atoms with E-state index in [0.29, 0.717) is 5.02 Å². The molecule has 0 saturated carbocycles. The Morgan fingerprint density at radius 1 is 1.55 bits per heavy atom. The molecule has 0 radical (unpaired) electrons. The Hall–Kier alpha value is -0.340. The van der Waals surface area contributed by atoms with Gasteiger partial charge in [-0.1, -0.05) is 23.7 Å². The van der Waals surface area contributed by atoms with Crippen LogP contribution < -0.4 is 0 Å². The minimum atomic E-state index is 0.212. The SMILES string of the molecule is CSCc1cccc(Cl)c1O. The minimum Gasteiger partial charge on any atom is -0.506 e. The summed E-state index contributed by atoms with van der Waals surface area (Å²) in [5.41, 5.74) is 0.894. The van der Waals surface area contributed by atoms with Gasteiger partial charge in [0.15, 0.2) is 0 Å². The molecule has 0 aliphatic carbocycles. The molecule has 1 rings (SSSR count). The van der Waals surface area contributed by atoms with E-state index in [9.17, 15) is 5.11 Å². The normalized spacial score (nSPS) is 10.0. The van der Waals surface area contributed by atoms with E-state index in [1.807, 2.05) is 18.4 Å². The average molecular weight is 189 g/mol. The quantitative estimate of drug-likeness (QED) is 0.770. The summed E-state index contributed by atoms with van der Waals surface area (Å²) < 4.78 is 0. The molecule has 0 heterocycles. The van der Waals surface area contributed by atoms with E-state index < -0.39 is 0 Å². The van der Waals surface area contributed by atoms with Gasteiger partial charge >= 0.3 is 0 Å². The van der Waals surface area contributed by atoms with Crippen LogP contribution in [0.5, 0.6) is 5.75 Å². The fourth-order valence-corrected chi connectivity index (χ4v) is 1.57. The van der Waals surface area contributed by atoms with E-state index in [1.165, 1.54) is 0 Å². The number of hydrogen-bond donors (Lipinski definition) is 1. The first-order chi connectivity index (χ1) is 5.25. The summed E-state index contributed by atoms with van der Waals surface area (Å²) in [7, 11) is 0. The van der Waals surface area contributed by atoms with Gasteiger partial charge in [-0.15, -0.1) is 0 Å². The van der Waals surface area contributed by atoms with Crippen LogP contribution in [0.15, 0.2) is 18.2 Å². The Labute approximate surface area is 75.4 Å². The number of phenols is 1. The zero-order valence-electron chi connectivity index (χ0n) is 6.17. The third-order valence-electron chi connectivity index (χ3n) is 1.37. The second kappa shape index (κ2) is 3.88.